The van der Waals surface area contributed by atoms with E-state index < -0.39 is 9.84 Å². The minimum absolute atomic E-state index is 0.116. The van der Waals surface area contributed by atoms with Crippen molar-refractivity contribution in [2.75, 3.05) is 6.54 Å². The van der Waals surface area contributed by atoms with E-state index in [1.807, 2.05) is 11.4 Å². The quantitative estimate of drug-likeness (QED) is 0.874. The van der Waals surface area contributed by atoms with Crippen molar-refractivity contribution in [2.45, 2.75) is 61.5 Å². The molecule has 0 saturated heterocycles. The van der Waals surface area contributed by atoms with Gasteiger partial charge >= 0.3 is 0 Å². The van der Waals surface area contributed by atoms with Gasteiger partial charge in [0.1, 0.15) is 4.21 Å². The van der Waals surface area contributed by atoms with Gasteiger partial charge in [-0.3, -0.25) is 0 Å². The van der Waals surface area contributed by atoms with Gasteiger partial charge in [0.05, 0.1) is 5.25 Å². The molecule has 1 aliphatic carbocycles. The average molecular weight is 316 g/mol. The van der Waals surface area contributed by atoms with E-state index in [9.17, 15) is 8.42 Å². The molecule has 114 valence electrons. The molecule has 3 unspecified atom stereocenters. The molecule has 1 heterocycles. The highest BCUT2D eigenvalue weighted by Gasteiger charge is 2.39. The van der Waals surface area contributed by atoms with Gasteiger partial charge in [0, 0.05) is 6.04 Å². The molecule has 20 heavy (non-hydrogen) atoms. The van der Waals surface area contributed by atoms with Crippen LogP contribution in [0.2, 0.25) is 0 Å². The molecule has 0 bridgehead atoms. The first-order chi connectivity index (χ1) is 9.59. The van der Waals surface area contributed by atoms with Gasteiger partial charge in [0.25, 0.3) is 0 Å². The SMILES string of the molecule is CCCNC1CCC(CC)CC1S(=O)(=O)c1cccs1. The van der Waals surface area contributed by atoms with Gasteiger partial charge in [0.15, 0.2) is 9.84 Å². The fourth-order valence-corrected chi connectivity index (χ4v) is 6.34. The normalized spacial score (nSPS) is 27.6. The molecule has 0 spiro atoms. The Morgan fingerprint density at radius 2 is 2.15 bits per heavy atom. The molecule has 1 saturated carbocycles. The Labute approximate surface area is 126 Å². The molecule has 2 rings (SSSR count). The third-order valence-corrected chi connectivity index (χ3v) is 7.97. The summed E-state index contributed by atoms with van der Waals surface area (Å²) < 4.78 is 26.2. The summed E-state index contributed by atoms with van der Waals surface area (Å²) in [5.74, 6) is 0.550. The van der Waals surface area contributed by atoms with Crippen LogP contribution in [0.1, 0.15) is 46.0 Å². The maximum atomic E-state index is 12.9. The average Bonchev–Trinajstić information content (AvgIpc) is 2.99. The lowest BCUT2D eigenvalue weighted by Crippen LogP contribution is -2.48. The van der Waals surface area contributed by atoms with Crippen LogP contribution in [0, 0.1) is 5.92 Å². The summed E-state index contributed by atoms with van der Waals surface area (Å²) in [7, 11) is -3.19. The lowest BCUT2D eigenvalue weighted by Gasteiger charge is -2.35. The van der Waals surface area contributed by atoms with Crippen LogP contribution >= 0.6 is 11.3 Å². The molecule has 1 aromatic heterocycles. The highest BCUT2D eigenvalue weighted by Crippen LogP contribution is 2.35. The van der Waals surface area contributed by atoms with Crippen LogP contribution in [0.3, 0.4) is 0 Å². The zero-order valence-corrected chi connectivity index (χ0v) is 14.0. The minimum atomic E-state index is -3.19. The third kappa shape index (κ3) is 3.43. The summed E-state index contributed by atoms with van der Waals surface area (Å²) in [6, 6.07) is 3.68. The first-order valence-electron chi connectivity index (χ1n) is 7.60. The van der Waals surface area contributed by atoms with Crippen molar-refractivity contribution in [3.05, 3.63) is 17.5 Å². The summed E-state index contributed by atoms with van der Waals surface area (Å²) in [6.07, 6.45) is 5.05. The predicted octanol–water partition coefficient (Wildman–Crippen LogP) is 3.47. The summed E-state index contributed by atoms with van der Waals surface area (Å²) in [5, 5.41) is 5.05. The van der Waals surface area contributed by atoms with Crippen molar-refractivity contribution < 1.29 is 8.42 Å². The van der Waals surface area contributed by atoms with Crippen molar-refractivity contribution in [1.29, 1.82) is 0 Å². The maximum Gasteiger partial charge on any atom is 0.192 e. The van der Waals surface area contributed by atoms with E-state index >= 15 is 0 Å². The van der Waals surface area contributed by atoms with E-state index in [1.165, 1.54) is 11.3 Å². The fraction of sp³-hybridized carbons (Fsp3) is 0.733. The predicted molar refractivity (Wildman–Crippen MR) is 85.0 cm³/mol. The summed E-state index contributed by atoms with van der Waals surface area (Å²) in [4.78, 5) is 0. The first-order valence-corrected chi connectivity index (χ1v) is 10.0. The van der Waals surface area contributed by atoms with Crippen LogP contribution in [0.5, 0.6) is 0 Å². The maximum absolute atomic E-state index is 12.9. The standard InChI is InChI=1S/C15H25NO2S2/c1-3-9-16-13-8-7-12(4-2)11-14(13)20(17,18)15-6-5-10-19-15/h5-6,10,12-14,16H,3-4,7-9,11H2,1-2H3. The molecular weight excluding hydrogens is 290 g/mol. The summed E-state index contributed by atoms with van der Waals surface area (Å²) in [6.45, 7) is 5.19. The monoisotopic (exact) mass is 315 g/mol. The van der Waals surface area contributed by atoms with Crippen LogP contribution in [0.25, 0.3) is 0 Å². The van der Waals surface area contributed by atoms with E-state index in [0.717, 1.165) is 38.6 Å². The van der Waals surface area contributed by atoms with E-state index in [-0.39, 0.29) is 11.3 Å². The fourth-order valence-electron chi connectivity index (χ4n) is 3.06. The van der Waals surface area contributed by atoms with Gasteiger partial charge in [-0.05, 0) is 49.6 Å². The van der Waals surface area contributed by atoms with E-state index in [0.29, 0.717) is 10.1 Å². The molecule has 1 fully saturated rings. The van der Waals surface area contributed by atoms with Gasteiger partial charge in [-0.2, -0.15) is 0 Å². The molecule has 3 atom stereocenters. The van der Waals surface area contributed by atoms with Crippen molar-refractivity contribution in [1.82, 2.24) is 5.32 Å². The van der Waals surface area contributed by atoms with Gasteiger partial charge in [-0.15, -0.1) is 11.3 Å². The topological polar surface area (TPSA) is 46.2 Å². The second-order valence-corrected chi connectivity index (χ2v) is 9.00. The second kappa shape index (κ2) is 7.05. The minimum Gasteiger partial charge on any atom is -0.313 e. The van der Waals surface area contributed by atoms with Gasteiger partial charge in [0.2, 0.25) is 0 Å². The zero-order chi connectivity index (χ0) is 14.6. The van der Waals surface area contributed by atoms with E-state index in [1.54, 1.807) is 6.07 Å². The number of sulfone groups is 1. The van der Waals surface area contributed by atoms with Crippen molar-refractivity contribution in [3.63, 3.8) is 0 Å². The third-order valence-electron chi connectivity index (χ3n) is 4.31. The smallest absolute Gasteiger partial charge is 0.192 e. The van der Waals surface area contributed by atoms with Crippen LogP contribution in [0.15, 0.2) is 21.7 Å². The zero-order valence-electron chi connectivity index (χ0n) is 12.3. The molecule has 0 radical (unpaired) electrons. The van der Waals surface area contributed by atoms with Crippen LogP contribution < -0.4 is 5.32 Å². The van der Waals surface area contributed by atoms with Crippen molar-refractivity contribution >= 4 is 21.2 Å². The number of hydrogen-bond donors (Lipinski definition) is 1. The Kier molecular flexibility index (Phi) is 5.64. The molecule has 1 N–H and O–H groups in total. The van der Waals surface area contributed by atoms with Gasteiger partial charge in [-0.25, -0.2) is 8.42 Å². The van der Waals surface area contributed by atoms with Crippen LogP contribution in [0.4, 0.5) is 0 Å². The molecule has 5 heteroatoms. The molecular formula is C15H25NO2S2. The Balaban J connectivity index is 2.22. The molecule has 1 aliphatic rings. The number of thiophene rings is 1. The second-order valence-electron chi connectivity index (χ2n) is 5.66. The largest absolute Gasteiger partial charge is 0.313 e. The summed E-state index contributed by atoms with van der Waals surface area (Å²) in [5.41, 5.74) is 0. The summed E-state index contributed by atoms with van der Waals surface area (Å²) >= 11 is 1.34. The number of nitrogens with one attached hydrogen (secondary N) is 1. The molecule has 0 aliphatic heterocycles. The Bertz CT molecular complexity index is 496. The lowest BCUT2D eigenvalue weighted by atomic mass is 9.84. The van der Waals surface area contributed by atoms with Crippen LogP contribution in [-0.4, -0.2) is 26.3 Å². The lowest BCUT2D eigenvalue weighted by molar-refractivity contribution is 0.288. The number of rotatable bonds is 6. The highest BCUT2D eigenvalue weighted by molar-refractivity contribution is 7.94. The molecule has 0 aromatic carbocycles. The van der Waals surface area contributed by atoms with Crippen molar-refractivity contribution in [2.24, 2.45) is 5.92 Å². The molecule has 3 nitrogen and oxygen atoms in total. The Morgan fingerprint density at radius 1 is 1.35 bits per heavy atom. The van der Waals surface area contributed by atoms with E-state index in [4.69, 9.17) is 0 Å². The van der Waals surface area contributed by atoms with Crippen LogP contribution in [-0.2, 0) is 9.84 Å². The number of hydrogen-bond acceptors (Lipinski definition) is 4. The molecule has 0 amide bonds. The first kappa shape index (κ1) is 16.0. The Hall–Kier alpha value is -0.390. The van der Waals surface area contributed by atoms with E-state index in [2.05, 4.69) is 19.2 Å². The van der Waals surface area contributed by atoms with Gasteiger partial charge < -0.3 is 5.32 Å². The molecule has 1 aromatic rings. The van der Waals surface area contributed by atoms with Crippen molar-refractivity contribution in [3.8, 4) is 0 Å². The Morgan fingerprint density at radius 3 is 2.75 bits per heavy atom. The highest BCUT2D eigenvalue weighted by atomic mass is 32.2. The van der Waals surface area contributed by atoms with Gasteiger partial charge in [-0.1, -0.05) is 26.3 Å².